The fourth-order valence-electron chi connectivity index (χ4n) is 3.59. The first-order valence-corrected chi connectivity index (χ1v) is 10.1. The Hall–Kier alpha value is -2.55. The Morgan fingerprint density at radius 2 is 1.93 bits per heavy atom. The summed E-state index contributed by atoms with van der Waals surface area (Å²) in [5.74, 6) is -1.37. The Labute approximate surface area is 166 Å². The van der Waals surface area contributed by atoms with Crippen molar-refractivity contribution >= 4 is 28.8 Å². The van der Waals surface area contributed by atoms with Gasteiger partial charge in [0, 0.05) is 49.0 Å². The van der Waals surface area contributed by atoms with Gasteiger partial charge in [-0.05, 0) is 23.6 Å². The Balaban J connectivity index is 1.68. The summed E-state index contributed by atoms with van der Waals surface area (Å²) in [5.41, 5.74) is 0.614. The number of ether oxygens (including phenoxy) is 1. The number of morpholine rings is 1. The van der Waals surface area contributed by atoms with E-state index in [2.05, 4.69) is 9.88 Å². The average molecular weight is 399 g/mol. The van der Waals surface area contributed by atoms with Gasteiger partial charge in [0.05, 0.1) is 24.8 Å². The lowest BCUT2D eigenvalue weighted by molar-refractivity contribution is -0.140. The van der Waals surface area contributed by atoms with Gasteiger partial charge in [-0.15, -0.1) is 11.3 Å². The van der Waals surface area contributed by atoms with Gasteiger partial charge in [-0.3, -0.25) is 19.5 Å². The third kappa shape index (κ3) is 3.58. The zero-order valence-electron chi connectivity index (χ0n) is 15.3. The molecule has 4 heterocycles. The van der Waals surface area contributed by atoms with Crippen LogP contribution in [-0.4, -0.2) is 71.0 Å². The normalized spacial score (nSPS) is 22.7. The Bertz CT molecular complexity index is 876. The highest BCUT2D eigenvalue weighted by Crippen LogP contribution is 2.40. The van der Waals surface area contributed by atoms with Crippen LogP contribution in [0.2, 0.25) is 0 Å². The summed E-state index contributed by atoms with van der Waals surface area (Å²) in [5, 5.41) is 12.7. The summed E-state index contributed by atoms with van der Waals surface area (Å²) in [7, 11) is 0. The van der Waals surface area contributed by atoms with Crippen LogP contribution in [-0.2, 0) is 14.3 Å². The van der Waals surface area contributed by atoms with Gasteiger partial charge in [0.2, 0.25) is 0 Å². The highest BCUT2D eigenvalue weighted by Gasteiger charge is 2.46. The largest absolute Gasteiger partial charge is 0.507 e. The van der Waals surface area contributed by atoms with Crippen molar-refractivity contribution in [2.45, 2.75) is 6.04 Å². The number of pyridine rings is 1. The van der Waals surface area contributed by atoms with Crippen molar-refractivity contribution < 1.29 is 19.4 Å². The van der Waals surface area contributed by atoms with Crippen molar-refractivity contribution in [1.29, 1.82) is 0 Å². The van der Waals surface area contributed by atoms with Gasteiger partial charge in [-0.2, -0.15) is 0 Å². The van der Waals surface area contributed by atoms with Gasteiger partial charge in [-0.25, -0.2) is 0 Å². The van der Waals surface area contributed by atoms with Crippen LogP contribution in [0.4, 0.5) is 0 Å². The molecule has 2 aromatic rings. The van der Waals surface area contributed by atoms with Gasteiger partial charge in [0.25, 0.3) is 11.7 Å². The summed E-state index contributed by atoms with van der Waals surface area (Å²) < 4.78 is 5.37. The van der Waals surface area contributed by atoms with Crippen molar-refractivity contribution in [2.75, 3.05) is 39.4 Å². The molecule has 2 aliphatic rings. The summed E-state index contributed by atoms with van der Waals surface area (Å²) in [6.07, 6.45) is 3.09. The van der Waals surface area contributed by atoms with E-state index >= 15 is 0 Å². The molecule has 0 aliphatic carbocycles. The summed E-state index contributed by atoms with van der Waals surface area (Å²) in [6, 6.07) is 6.45. The van der Waals surface area contributed by atoms with Crippen LogP contribution in [0.25, 0.3) is 5.76 Å². The van der Waals surface area contributed by atoms with Gasteiger partial charge in [0.1, 0.15) is 5.76 Å². The number of hydrogen-bond donors (Lipinski definition) is 1. The molecule has 28 heavy (non-hydrogen) atoms. The lowest BCUT2D eigenvalue weighted by Gasteiger charge is -2.30. The summed E-state index contributed by atoms with van der Waals surface area (Å²) in [4.78, 5) is 34.2. The quantitative estimate of drug-likeness (QED) is 0.470. The van der Waals surface area contributed by atoms with Crippen molar-refractivity contribution in [3.8, 4) is 0 Å². The van der Waals surface area contributed by atoms with Crippen LogP contribution in [0.3, 0.4) is 0 Å². The average Bonchev–Trinajstić information content (AvgIpc) is 3.35. The van der Waals surface area contributed by atoms with Crippen LogP contribution >= 0.6 is 11.3 Å². The van der Waals surface area contributed by atoms with E-state index in [4.69, 9.17) is 4.74 Å². The van der Waals surface area contributed by atoms with Gasteiger partial charge in [-0.1, -0.05) is 6.07 Å². The number of aromatic nitrogens is 1. The number of likely N-dealkylation sites (tertiary alicyclic amines) is 1. The van der Waals surface area contributed by atoms with Crippen LogP contribution in [0.1, 0.15) is 16.5 Å². The van der Waals surface area contributed by atoms with E-state index in [1.54, 1.807) is 29.4 Å². The fraction of sp³-hybridized carbons (Fsp3) is 0.350. The predicted molar refractivity (Wildman–Crippen MR) is 105 cm³/mol. The van der Waals surface area contributed by atoms with Crippen LogP contribution in [0.15, 0.2) is 47.6 Å². The lowest BCUT2D eigenvalue weighted by atomic mass is 10.0. The number of aliphatic hydroxyl groups is 1. The zero-order chi connectivity index (χ0) is 19.5. The minimum atomic E-state index is -0.644. The van der Waals surface area contributed by atoms with E-state index in [1.165, 1.54) is 11.3 Å². The van der Waals surface area contributed by atoms with Crippen LogP contribution in [0, 0.1) is 0 Å². The van der Waals surface area contributed by atoms with Gasteiger partial charge >= 0.3 is 0 Å². The molecule has 146 valence electrons. The van der Waals surface area contributed by atoms with E-state index in [-0.39, 0.29) is 11.3 Å². The molecule has 0 spiro atoms. The predicted octanol–water partition coefficient (Wildman–Crippen LogP) is 1.90. The Morgan fingerprint density at radius 3 is 2.61 bits per heavy atom. The maximum atomic E-state index is 12.8. The van der Waals surface area contributed by atoms with Gasteiger partial charge in [0.15, 0.2) is 0 Å². The highest BCUT2D eigenvalue weighted by atomic mass is 32.1. The number of Topliss-reactive ketones (excluding diaryl/α,β-unsaturated/α-hetero) is 1. The van der Waals surface area contributed by atoms with Gasteiger partial charge < -0.3 is 14.7 Å². The number of nitrogens with zero attached hydrogens (tertiary/aromatic N) is 3. The first-order valence-electron chi connectivity index (χ1n) is 9.19. The molecule has 1 atom stereocenters. The number of rotatable bonds is 5. The fourth-order valence-corrected chi connectivity index (χ4v) is 4.44. The number of amides is 1. The van der Waals surface area contributed by atoms with Crippen molar-refractivity contribution in [2.24, 2.45) is 0 Å². The van der Waals surface area contributed by atoms with E-state index < -0.39 is 17.7 Å². The first kappa shape index (κ1) is 18.8. The molecule has 1 amide bonds. The third-order valence-corrected chi connectivity index (χ3v) is 5.99. The Morgan fingerprint density at radius 1 is 1.18 bits per heavy atom. The summed E-state index contributed by atoms with van der Waals surface area (Å²) >= 11 is 1.47. The molecule has 7 nitrogen and oxygen atoms in total. The van der Waals surface area contributed by atoms with Crippen molar-refractivity contribution in [3.05, 3.63) is 58.1 Å². The third-order valence-electron chi connectivity index (χ3n) is 5.07. The molecular weight excluding hydrogens is 378 g/mol. The van der Waals surface area contributed by atoms with Crippen LogP contribution < -0.4 is 0 Å². The number of carbonyl (C=O) groups is 2. The summed E-state index contributed by atoms with van der Waals surface area (Å²) in [6.45, 7) is 4.05. The molecule has 0 radical (unpaired) electrons. The SMILES string of the molecule is O=C1C(=O)N(CCN2CCOCC2)[C@H](c2cccs2)C1=C(O)c1ccncc1. The van der Waals surface area contributed by atoms with Crippen LogP contribution in [0.5, 0.6) is 0 Å². The van der Waals surface area contributed by atoms with Crippen molar-refractivity contribution in [3.63, 3.8) is 0 Å². The molecule has 0 saturated carbocycles. The second-order valence-electron chi connectivity index (χ2n) is 6.70. The molecule has 2 aliphatic heterocycles. The highest BCUT2D eigenvalue weighted by molar-refractivity contribution is 7.10. The number of carbonyl (C=O) groups excluding carboxylic acids is 2. The van der Waals surface area contributed by atoms with E-state index in [0.29, 0.717) is 31.9 Å². The molecule has 0 bridgehead atoms. The second kappa shape index (κ2) is 8.22. The number of hydrogen-bond acceptors (Lipinski definition) is 7. The van der Waals surface area contributed by atoms with Crippen molar-refractivity contribution in [1.82, 2.24) is 14.8 Å². The second-order valence-corrected chi connectivity index (χ2v) is 7.68. The topological polar surface area (TPSA) is 83.0 Å². The molecule has 4 rings (SSSR count). The standard InChI is InChI=1S/C20H21N3O4S/c24-18(14-3-5-21-6-4-14)16-17(15-2-1-13-28-15)23(20(26)19(16)25)8-7-22-9-11-27-12-10-22/h1-6,13,17,24H,7-12H2/t17-/m1/s1. The van der Waals surface area contributed by atoms with E-state index in [9.17, 15) is 14.7 Å². The maximum absolute atomic E-state index is 12.8. The number of ketones is 1. The molecule has 2 saturated heterocycles. The number of thiophene rings is 1. The molecule has 2 aromatic heterocycles. The van der Waals surface area contributed by atoms with E-state index in [1.807, 2.05) is 17.5 Å². The number of aliphatic hydroxyl groups excluding tert-OH is 1. The molecule has 8 heteroatoms. The molecule has 0 aromatic carbocycles. The Kier molecular flexibility index (Phi) is 5.52. The first-order chi connectivity index (χ1) is 13.7. The molecule has 0 unspecified atom stereocenters. The lowest BCUT2D eigenvalue weighted by Crippen LogP contribution is -2.42. The minimum Gasteiger partial charge on any atom is -0.507 e. The maximum Gasteiger partial charge on any atom is 0.295 e. The monoisotopic (exact) mass is 399 g/mol. The molecule has 1 N–H and O–H groups in total. The smallest absolute Gasteiger partial charge is 0.295 e. The molecular formula is C20H21N3O4S. The molecule has 2 fully saturated rings. The van der Waals surface area contributed by atoms with E-state index in [0.717, 1.165) is 18.0 Å². The minimum absolute atomic E-state index is 0.139. The zero-order valence-corrected chi connectivity index (χ0v) is 16.1.